The van der Waals surface area contributed by atoms with Crippen LogP contribution in [0.4, 0.5) is 10.5 Å². The van der Waals surface area contributed by atoms with E-state index in [1.54, 1.807) is 24.3 Å². The molecular weight excluding hydrogens is 296 g/mol. The van der Waals surface area contributed by atoms with Crippen molar-refractivity contribution in [3.05, 3.63) is 34.7 Å². The molecule has 106 valence electrons. The lowest BCUT2D eigenvalue weighted by Crippen LogP contribution is -2.32. The normalized spacial score (nSPS) is 20.8. The van der Waals surface area contributed by atoms with Gasteiger partial charge in [0.1, 0.15) is 6.54 Å². The van der Waals surface area contributed by atoms with Crippen molar-refractivity contribution < 1.29 is 24.3 Å². The Morgan fingerprint density at radius 1 is 1.24 bits per heavy atom. The van der Waals surface area contributed by atoms with Crippen LogP contribution in [0.2, 0.25) is 0 Å². The molecule has 7 nitrogen and oxygen atoms in total. The summed E-state index contributed by atoms with van der Waals surface area (Å²) in [5.41, 5.74) is 0.941. The van der Waals surface area contributed by atoms with Gasteiger partial charge in [-0.25, -0.2) is 0 Å². The minimum Gasteiger partial charge on any atom is -0.480 e. The molecule has 0 radical (unpaired) electrons. The number of anilines is 1. The molecule has 3 rings (SSSR count). The summed E-state index contributed by atoms with van der Waals surface area (Å²) in [4.78, 5) is 47.5. The molecule has 1 fully saturated rings. The van der Waals surface area contributed by atoms with Gasteiger partial charge in [-0.1, -0.05) is 18.2 Å². The maximum absolute atomic E-state index is 12.4. The van der Waals surface area contributed by atoms with E-state index in [0.29, 0.717) is 23.0 Å². The summed E-state index contributed by atoms with van der Waals surface area (Å²) in [5.74, 6) is -2.39. The van der Waals surface area contributed by atoms with Gasteiger partial charge >= 0.3 is 5.97 Å². The van der Waals surface area contributed by atoms with Crippen LogP contribution in [-0.4, -0.2) is 34.7 Å². The number of carbonyl (C=O) groups excluding carboxylic acids is 3. The highest BCUT2D eigenvalue weighted by Gasteiger charge is 2.40. The van der Waals surface area contributed by atoms with Crippen molar-refractivity contribution in [2.75, 3.05) is 11.4 Å². The maximum atomic E-state index is 12.4. The van der Waals surface area contributed by atoms with Crippen LogP contribution in [0.1, 0.15) is 5.56 Å². The number of thioether (sulfide) groups is 1. The monoisotopic (exact) mass is 304 g/mol. The quantitative estimate of drug-likeness (QED) is 0.784. The van der Waals surface area contributed by atoms with Crippen LogP contribution >= 0.6 is 11.8 Å². The van der Waals surface area contributed by atoms with Crippen molar-refractivity contribution in [3.8, 4) is 0 Å². The molecule has 0 bridgehead atoms. The second kappa shape index (κ2) is 4.74. The van der Waals surface area contributed by atoms with Crippen LogP contribution in [0.5, 0.6) is 0 Å². The highest BCUT2D eigenvalue weighted by molar-refractivity contribution is 8.18. The molecule has 0 atom stereocenters. The molecule has 0 spiro atoms. The number of nitrogens with zero attached hydrogens (tertiary/aromatic N) is 1. The van der Waals surface area contributed by atoms with Gasteiger partial charge in [-0.15, -0.1) is 0 Å². The van der Waals surface area contributed by atoms with E-state index in [1.165, 1.54) is 0 Å². The fourth-order valence-corrected chi connectivity index (χ4v) is 3.04. The highest BCUT2D eigenvalue weighted by Crippen LogP contribution is 2.42. The zero-order chi connectivity index (χ0) is 15.1. The Kier molecular flexibility index (Phi) is 3.02. The molecule has 2 heterocycles. The Balaban J connectivity index is 2.18. The number of carboxylic acid groups (broad SMARTS) is 1. The van der Waals surface area contributed by atoms with E-state index in [1.807, 2.05) is 0 Å². The summed E-state index contributed by atoms with van der Waals surface area (Å²) in [5, 5.41) is 10.5. The van der Waals surface area contributed by atoms with E-state index in [4.69, 9.17) is 5.11 Å². The molecule has 1 saturated heterocycles. The first-order valence-corrected chi connectivity index (χ1v) is 6.71. The SMILES string of the molecule is O=C(O)CN1C(=O)/C(=C2\SC(=O)NC2=O)c2ccccc21. The Morgan fingerprint density at radius 2 is 1.95 bits per heavy atom. The topological polar surface area (TPSA) is 104 Å². The zero-order valence-electron chi connectivity index (χ0n) is 10.5. The molecule has 2 aliphatic rings. The molecular formula is C13H8N2O5S. The lowest BCUT2D eigenvalue weighted by Gasteiger charge is -2.13. The third-order valence-corrected chi connectivity index (χ3v) is 3.94. The second-order valence-corrected chi connectivity index (χ2v) is 5.33. The minimum absolute atomic E-state index is 0.00494. The van der Waals surface area contributed by atoms with Crippen LogP contribution in [0.15, 0.2) is 29.2 Å². The number of imide groups is 1. The summed E-state index contributed by atoms with van der Waals surface area (Å²) < 4.78 is 0. The van der Waals surface area contributed by atoms with E-state index in [2.05, 4.69) is 5.32 Å². The number of hydrogen-bond donors (Lipinski definition) is 2. The van der Waals surface area contributed by atoms with Gasteiger partial charge in [0.15, 0.2) is 0 Å². The van der Waals surface area contributed by atoms with Crippen molar-refractivity contribution in [3.63, 3.8) is 0 Å². The number of carbonyl (C=O) groups is 4. The van der Waals surface area contributed by atoms with Gasteiger partial charge in [-0.2, -0.15) is 0 Å². The van der Waals surface area contributed by atoms with E-state index in [0.717, 1.165) is 4.90 Å². The van der Waals surface area contributed by atoms with Gasteiger partial charge in [0.25, 0.3) is 17.1 Å². The number of nitrogens with one attached hydrogen (secondary N) is 1. The summed E-state index contributed by atoms with van der Waals surface area (Å²) in [6.45, 7) is -0.507. The van der Waals surface area contributed by atoms with Crippen LogP contribution < -0.4 is 10.2 Å². The fraction of sp³-hybridized carbons (Fsp3) is 0.0769. The number of fused-ring (bicyclic) bond motifs is 1. The number of carboxylic acids is 1. The van der Waals surface area contributed by atoms with E-state index < -0.39 is 29.6 Å². The number of amides is 3. The molecule has 1 aromatic carbocycles. The molecule has 1 aromatic rings. The first kappa shape index (κ1) is 13.4. The van der Waals surface area contributed by atoms with Gasteiger partial charge in [-0.3, -0.25) is 29.4 Å². The first-order valence-electron chi connectivity index (χ1n) is 5.89. The Labute approximate surface area is 122 Å². The summed E-state index contributed by atoms with van der Waals surface area (Å²) in [6, 6.07) is 6.56. The Morgan fingerprint density at radius 3 is 2.57 bits per heavy atom. The van der Waals surface area contributed by atoms with E-state index >= 15 is 0 Å². The van der Waals surface area contributed by atoms with Crippen molar-refractivity contribution in [1.82, 2.24) is 5.32 Å². The van der Waals surface area contributed by atoms with Gasteiger partial charge < -0.3 is 5.11 Å². The van der Waals surface area contributed by atoms with Crippen LogP contribution in [0.3, 0.4) is 0 Å². The Bertz CT molecular complexity index is 740. The van der Waals surface area contributed by atoms with Gasteiger partial charge in [0.05, 0.1) is 16.2 Å². The summed E-state index contributed by atoms with van der Waals surface area (Å²) in [6.07, 6.45) is 0. The number of para-hydroxylation sites is 1. The molecule has 2 aliphatic heterocycles. The first-order chi connectivity index (χ1) is 9.99. The largest absolute Gasteiger partial charge is 0.480 e. The number of benzene rings is 1. The highest BCUT2D eigenvalue weighted by atomic mass is 32.2. The predicted molar refractivity (Wildman–Crippen MR) is 74.5 cm³/mol. The summed E-state index contributed by atoms with van der Waals surface area (Å²) >= 11 is 0.644. The standard InChI is InChI=1S/C13H8N2O5S/c16-8(17)5-15-7-4-2-1-3-6(7)9(12(15)19)10-11(18)14-13(20)21-10/h1-4H,5H2,(H,16,17)(H,14,18,20)/b10-9-. The smallest absolute Gasteiger partial charge is 0.323 e. The van der Waals surface area contributed by atoms with Gasteiger partial charge in [-0.05, 0) is 17.8 Å². The van der Waals surface area contributed by atoms with Crippen molar-refractivity contribution in [2.45, 2.75) is 0 Å². The van der Waals surface area contributed by atoms with Crippen molar-refractivity contribution in [1.29, 1.82) is 0 Å². The van der Waals surface area contributed by atoms with Crippen molar-refractivity contribution >= 4 is 46.0 Å². The maximum Gasteiger partial charge on any atom is 0.323 e. The average Bonchev–Trinajstić information content (AvgIpc) is 2.88. The van der Waals surface area contributed by atoms with Gasteiger partial charge in [0, 0.05) is 5.56 Å². The number of rotatable bonds is 2. The predicted octanol–water partition coefficient (Wildman–Crippen LogP) is 0.812. The van der Waals surface area contributed by atoms with E-state index in [9.17, 15) is 19.2 Å². The van der Waals surface area contributed by atoms with Crippen molar-refractivity contribution in [2.24, 2.45) is 0 Å². The Hall–Kier alpha value is -2.61. The van der Waals surface area contributed by atoms with E-state index in [-0.39, 0.29) is 10.5 Å². The fourth-order valence-electron chi connectivity index (χ4n) is 2.27. The lowest BCUT2D eigenvalue weighted by atomic mass is 10.1. The zero-order valence-corrected chi connectivity index (χ0v) is 11.3. The minimum atomic E-state index is -1.16. The van der Waals surface area contributed by atoms with Crippen LogP contribution in [0, 0.1) is 0 Å². The lowest BCUT2D eigenvalue weighted by molar-refractivity contribution is -0.136. The molecule has 8 heteroatoms. The molecule has 0 aromatic heterocycles. The molecule has 0 saturated carbocycles. The molecule has 2 N–H and O–H groups in total. The van der Waals surface area contributed by atoms with Crippen LogP contribution in [0.25, 0.3) is 5.57 Å². The second-order valence-electron chi connectivity index (χ2n) is 4.35. The molecule has 21 heavy (non-hydrogen) atoms. The number of hydrogen-bond acceptors (Lipinski definition) is 5. The third kappa shape index (κ3) is 2.09. The average molecular weight is 304 g/mol. The third-order valence-electron chi connectivity index (χ3n) is 3.06. The van der Waals surface area contributed by atoms with Crippen LogP contribution in [-0.2, 0) is 14.4 Å². The summed E-state index contributed by atoms with van der Waals surface area (Å²) in [7, 11) is 0. The molecule has 3 amide bonds. The molecule has 0 unspecified atom stereocenters. The molecule has 0 aliphatic carbocycles. The number of aliphatic carboxylic acids is 1. The van der Waals surface area contributed by atoms with Gasteiger partial charge in [0.2, 0.25) is 0 Å².